The van der Waals surface area contributed by atoms with E-state index in [1.807, 2.05) is 0 Å². The van der Waals surface area contributed by atoms with E-state index < -0.39 is 0 Å². The van der Waals surface area contributed by atoms with E-state index in [2.05, 4.69) is 34.6 Å². The van der Waals surface area contributed by atoms with Gasteiger partial charge in [-0.1, -0.05) is 92.4 Å². The van der Waals surface area contributed by atoms with Gasteiger partial charge in [-0.2, -0.15) is 0 Å². The average molecular weight is 297 g/mol. The molecule has 0 aliphatic carbocycles. The van der Waals surface area contributed by atoms with Crippen molar-refractivity contribution in [2.24, 2.45) is 23.7 Å². The highest BCUT2D eigenvalue weighted by Gasteiger charge is 2.07. The lowest BCUT2D eigenvalue weighted by molar-refractivity contribution is -0.108. The first kappa shape index (κ1) is 20.7. The molecule has 0 rings (SSSR count). The fourth-order valence-electron chi connectivity index (χ4n) is 3.07. The summed E-state index contributed by atoms with van der Waals surface area (Å²) in [5.74, 6) is 3.20. The van der Waals surface area contributed by atoms with Gasteiger partial charge in [0.05, 0.1) is 0 Å². The Morgan fingerprint density at radius 1 is 0.619 bits per heavy atom. The van der Waals surface area contributed by atoms with Gasteiger partial charge >= 0.3 is 0 Å². The summed E-state index contributed by atoms with van der Waals surface area (Å²) >= 11 is 0. The largest absolute Gasteiger partial charge is 0.303 e. The van der Waals surface area contributed by atoms with Crippen LogP contribution in [0.25, 0.3) is 0 Å². The molecule has 0 saturated heterocycles. The Labute approximate surface area is 134 Å². The van der Waals surface area contributed by atoms with Crippen LogP contribution in [-0.4, -0.2) is 6.29 Å². The van der Waals surface area contributed by atoms with Gasteiger partial charge in [-0.05, 0) is 23.7 Å². The zero-order valence-electron chi connectivity index (χ0n) is 15.4. The molecule has 0 aliphatic heterocycles. The normalized spacial score (nSPS) is 15.9. The highest BCUT2D eigenvalue weighted by Crippen LogP contribution is 2.22. The minimum atomic E-state index is 0.579. The fraction of sp³-hybridized carbons (Fsp3) is 0.950. The molecule has 0 spiro atoms. The molecule has 0 aromatic heterocycles. The molecule has 0 bridgehead atoms. The van der Waals surface area contributed by atoms with Gasteiger partial charge < -0.3 is 4.79 Å². The number of hydrogen-bond donors (Lipinski definition) is 0. The van der Waals surface area contributed by atoms with Crippen LogP contribution in [-0.2, 0) is 4.79 Å². The number of hydrogen-bond acceptors (Lipinski definition) is 1. The van der Waals surface area contributed by atoms with Gasteiger partial charge in [0, 0.05) is 6.42 Å². The summed E-state index contributed by atoms with van der Waals surface area (Å²) in [7, 11) is 0. The molecular weight excluding hydrogens is 256 g/mol. The molecule has 1 unspecified atom stereocenters. The summed E-state index contributed by atoms with van der Waals surface area (Å²) in [6.07, 6.45) is 14.0. The molecule has 0 fully saturated rings. The standard InChI is InChI=1S/C20H40O/c1-17(2)9-6-10-18(3)11-7-12-19(4)13-8-14-20(5)15-16-21/h16-20H,6-15H2,1-5H3/t18-,19-,20?/m1/s1. The Kier molecular flexibility index (Phi) is 13.1. The van der Waals surface area contributed by atoms with Crippen LogP contribution in [0.4, 0.5) is 0 Å². The SMILES string of the molecule is CC(C)CCC[C@@H](C)CCC[C@@H](C)CCCC(C)CC=O. The maximum atomic E-state index is 10.4. The topological polar surface area (TPSA) is 17.1 Å². The van der Waals surface area contributed by atoms with E-state index in [0.717, 1.165) is 30.5 Å². The molecule has 0 saturated carbocycles. The van der Waals surface area contributed by atoms with Gasteiger partial charge in [-0.3, -0.25) is 0 Å². The van der Waals surface area contributed by atoms with Crippen LogP contribution >= 0.6 is 0 Å². The van der Waals surface area contributed by atoms with E-state index in [-0.39, 0.29) is 0 Å². The van der Waals surface area contributed by atoms with Gasteiger partial charge in [0.1, 0.15) is 6.29 Å². The van der Waals surface area contributed by atoms with Gasteiger partial charge in [-0.15, -0.1) is 0 Å². The molecule has 3 atom stereocenters. The van der Waals surface area contributed by atoms with Crippen LogP contribution in [0.1, 0.15) is 98.8 Å². The molecule has 1 nitrogen and oxygen atoms in total. The Morgan fingerprint density at radius 3 is 1.38 bits per heavy atom. The van der Waals surface area contributed by atoms with Crippen molar-refractivity contribution in [1.82, 2.24) is 0 Å². The van der Waals surface area contributed by atoms with Crippen LogP contribution in [0.5, 0.6) is 0 Å². The first-order valence-electron chi connectivity index (χ1n) is 9.39. The smallest absolute Gasteiger partial charge is 0.120 e. The number of carbonyl (C=O) groups excluding carboxylic acids is 1. The molecule has 0 heterocycles. The molecule has 0 N–H and O–H groups in total. The van der Waals surface area contributed by atoms with Crippen LogP contribution in [0.3, 0.4) is 0 Å². The molecule has 0 aliphatic rings. The summed E-state index contributed by atoms with van der Waals surface area (Å²) in [5.41, 5.74) is 0. The summed E-state index contributed by atoms with van der Waals surface area (Å²) < 4.78 is 0. The molecule has 0 radical (unpaired) electrons. The zero-order chi connectivity index (χ0) is 16.1. The van der Waals surface area contributed by atoms with Crippen LogP contribution in [0.15, 0.2) is 0 Å². The highest BCUT2D eigenvalue weighted by atomic mass is 16.1. The van der Waals surface area contributed by atoms with Crippen molar-refractivity contribution >= 4 is 6.29 Å². The second-order valence-electron chi connectivity index (χ2n) is 7.90. The van der Waals surface area contributed by atoms with Crippen molar-refractivity contribution < 1.29 is 4.79 Å². The zero-order valence-corrected chi connectivity index (χ0v) is 15.4. The van der Waals surface area contributed by atoms with Crippen molar-refractivity contribution in [2.45, 2.75) is 98.8 Å². The minimum absolute atomic E-state index is 0.579. The highest BCUT2D eigenvalue weighted by molar-refractivity contribution is 5.49. The van der Waals surface area contributed by atoms with Gasteiger partial charge in [0.25, 0.3) is 0 Å². The fourth-order valence-corrected chi connectivity index (χ4v) is 3.07. The van der Waals surface area contributed by atoms with Crippen molar-refractivity contribution in [2.75, 3.05) is 0 Å². The van der Waals surface area contributed by atoms with Gasteiger partial charge in [-0.25, -0.2) is 0 Å². The summed E-state index contributed by atoms with van der Waals surface area (Å²) in [5, 5.41) is 0. The molecule has 21 heavy (non-hydrogen) atoms. The monoisotopic (exact) mass is 296 g/mol. The van der Waals surface area contributed by atoms with E-state index in [0.29, 0.717) is 5.92 Å². The van der Waals surface area contributed by atoms with Crippen LogP contribution < -0.4 is 0 Å². The second kappa shape index (κ2) is 13.3. The quantitative estimate of drug-likeness (QED) is 0.328. The third-order valence-electron chi connectivity index (χ3n) is 4.76. The lowest BCUT2D eigenvalue weighted by Gasteiger charge is -2.15. The molecule has 0 aromatic rings. The van der Waals surface area contributed by atoms with E-state index in [4.69, 9.17) is 0 Å². The van der Waals surface area contributed by atoms with Crippen molar-refractivity contribution in [3.63, 3.8) is 0 Å². The van der Waals surface area contributed by atoms with Crippen molar-refractivity contribution in [3.8, 4) is 0 Å². The predicted molar refractivity (Wildman–Crippen MR) is 94.6 cm³/mol. The van der Waals surface area contributed by atoms with Gasteiger partial charge in [0.2, 0.25) is 0 Å². The van der Waals surface area contributed by atoms with E-state index in [1.165, 1.54) is 57.8 Å². The maximum absolute atomic E-state index is 10.4. The second-order valence-corrected chi connectivity index (χ2v) is 7.90. The van der Waals surface area contributed by atoms with Crippen LogP contribution in [0.2, 0.25) is 0 Å². The van der Waals surface area contributed by atoms with Crippen molar-refractivity contribution in [1.29, 1.82) is 0 Å². The van der Waals surface area contributed by atoms with Crippen molar-refractivity contribution in [3.05, 3.63) is 0 Å². The van der Waals surface area contributed by atoms with Gasteiger partial charge in [0.15, 0.2) is 0 Å². The first-order valence-corrected chi connectivity index (χ1v) is 9.39. The van der Waals surface area contributed by atoms with E-state index in [1.54, 1.807) is 0 Å². The summed E-state index contributed by atoms with van der Waals surface area (Å²) in [6, 6.07) is 0. The third-order valence-corrected chi connectivity index (χ3v) is 4.76. The summed E-state index contributed by atoms with van der Waals surface area (Å²) in [4.78, 5) is 10.4. The summed E-state index contributed by atoms with van der Waals surface area (Å²) in [6.45, 7) is 11.7. The third kappa shape index (κ3) is 14.4. The van der Waals surface area contributed by atoms with E-state index in [9.17, 15) is 4.79 Å². The minimum Gasteiger partial charge on any atom is -0.303 e. The Bertz CT molecular complexity index is 234. The average Bonchev–Trinajstić information content (AvgIpc) is 2.38. The Morgan fingerprint density at radius 2 is 1.00 bits per heavy atom. The number of rotatable bonds is 14. The Hall–Kier alpha value is -0.330. The lowest BCUT2D eigenvalue weighted by Crippen LogP contribution is -2.01. The van der Waals surface area contributed by atoms with E-state index >= 15 is 0 Å². The first-order chi connectivity index (χ1) is 9.95. The number of carbonyl (C=O) groups is 1. The Balaban J connectivity index is 3.47. The maximum Gasteiger partial charge on any atom is 0.120 e. The van der Waals surface area contributed by atoms with Crippen LogP contribution in [0, 0.1) is 23.7 Å². The molecular formula is C20H40O. The molecule has 0 aromatic carbocycles. The number of aldehydes is 1. The lowest BCUT2D eigenvalue weighted by atomic mass is 9.91. The molecule has 1 heteroatoms. The molecule has 0 amide bonds. The predicted octanol–water partition coefficient (Wildman–Crippen LogP) is 6.65. The molecule has 126 valence electrons.